The Morgan fingerprint density at radius 2 is 1.02 bits per heavy atom. The SMILES string of the molecule is [C-]#[N+]c1cccc(-c2cc(-c3ccccc3)nc(-n3c4ccccc4c4ccc(-c5ccc6c(c5)c5ccccc5n6-c5ccc6sc7ccccc7c6c5)cc43)n2)c1. The number of benzene rings is 8. The maximum Gasteiger partial charge on any atom is 0.235 e. The zero-order valence-corrected chi connectivity index (χ0v) is 32.4. The molecule has 5 nitrogen and oxygen atoms in total. The Bertz CT molecular complexity index is 3700. The third-order valence-corrected chi connectivity index (χ3v) is 12.7. The minimum absolute atomic E-state index is 0.572. The fourth-order valence-electron chi connectivity index (χ4n) is 8.82. The molecule has 0 radical (unpaired) electrons. The molecule has 0 amide bonds. The van der Waals surface area contributed by atoms with Crippen LogP contribution in [0.15, 0.2) is 188 Å². The highest BCUT2D eigenvalue weighted by atomic mass is 32.1. The van der Waals surface area contributed by atoms with Gasteiger partial charge in [-0.05, 0) is 83.4 Å². The number of para-hydroxylation sites is 2. The number of nitrogens with zero attached hydrogens (tertiary/aromatic N) is 5. The van der Waals surface area contributed by atoms with Crippen molar-refractivity contribution in [3.63, 3.8) is 0 Å². The van der Waals surface area contributed by atoms with Crippen molar-refractivity contribution in [2.75, 3.05) is 0 Å². The second-order valence-electron chi connectivity index (χ2n) is 14.9. The van der Waals surface area contributed by atoms with Gasteiger partial charge in [-0.25, -0.2) is 14.8 Å². The summed E-state index contributed by atoms with van der Waals surface area (Å²) in [6, 6.07) is 66.3. The van der Waals surface area contributed by atoms with Crippen LogP contribution in [-0.4, -0.2) is 19.1 Å². The predicted octanol–water partition coefficient (Wildman–Crippen LogP) is 14.6. The van der Waals surface area contributed by atoms with Gasteiger partial charge < -0.3 is 4.57 Å². The molecule has 4 aromatic heterocycles. The monoisotopic (exact) mass is 769 g/mol. The molecule has 6 heteroatoms. The first-order chi connectivity index (χ1) is 29.2. The van der Waals surface area contributed by atoms with E-state index < -0.39 is 0 Å². The van der Waals surface area contributed by atoms with Crippen LogP contribution in [0.4, 0.5) is 5.69 Å². The molecule has 0 unspecified atom stereocenters. The van der Waals surface area contributed by atoms with E-state index in [1.807, 2.05) is 59.9 Å². The van der Waals surface area contributed by atoms with Crippen molar-refractivity contribution in [1.82, 2.24) is 19.1 Å². The summed E-state index contributed by atoms with van der Waals surface area (Å²) in [5.41, 5.74) is 11.8. The summed E-state index contributed by atoms with van der Waals surface area (Å²) in [4.78, 5) is 14.2. The second kappa shape index (κ2) is 13.1. The number of rotatable bonds is 5. The van der Waals surface area contributed by atoms with Crippen molar-refractivity contribution in [2.24, 2.45) is 0 Å². The Labute approximate surface area is 343 Å². The fraction of sp³-hybridized carbons (Fsp3) is 0. The quantitative estimate of drug-likeness (QED) is 0.164. The molecule has 4 heterocycles. The minimum Gasteiger partial charge on any atom is -0.309 e. The summed E-state index contributed by atoms with van der Waals surface area (Å²) in [5.74, 6) is 0.576. The van der Waals surface area contributed by atoms with Gasteiger partial charge in [0.15, 0.2) is 5.69 Å². The van der Waals surface area contributed by atoms with Gasteiger partial charge in [-0.1, -0.05) is 121 Å². The number of hydrogen-bond donors (Lipinski definition) is 0. The van der Waals surface area contributed by atoms with Crippen molar-refractivity contribution in [3.8, 4) is 45.3 Å². The largest absolute Gasteiger partial charge is 0.309 e. The van der Waals surface area contributed by atoms with E-state index in [2.05, 4.69) is 154 Å². The molecule has 0 aliphatic carbocycles. The van der Waals surface area contributed by atoms with Gasteiger partial charge in [0.1, 0.15) is 0 Å². The van der Waals surface area contributed by atoms with E-state index in [9.17, 15) is 0 Å². The summed E-state index contributed by atoms with van der Waals surface area (Å²) in [5, 5.41) is 7.27. The summed E-state index contributed by atoms with van der Waals surface area (Å²) >= 11 is 1.85. The predicted molar refractivity (Wildman–Crippen MR) is 246 cm³/mol. The average Bonchev–Trinajstić information content (AvgIpc) is 3.96. The Morgan fingerprint density at radius 3 is 1.85 bits per heavy atom. The van der Waals surface area contributed by atoms with E-state index in [4.69, 9.17) is 16.5 Å². The van der Waals surface area contributed by atoms with Crippen LogP contribution in [0.1, 0.15) is 0 Å². The third-order valence-electron chi connectivity index (χ3n) is 11.6. The first-order valence-corrected chi connectivity index (χ1v) is 20.4. The zero-order valence-electron chi connectivity index (χ0n) is 31.5. The van der Waals surface area contributed by atoms with Crippen molar-refractivity contribution >= 4 is 80.8 Å². The van der Waals surface area contributed by atoms with Crippen LogP contribution in [0.2, 0.25) is 0 Å². The number of thiophene rings is 1. The number of fused-ring (bicyclic) bond motifs is 9. The lowest BCUT2D eigenvalue weighted by atomic mass is 10.0. The Kier molecular flexibility index (Phi) is 7.40. The summed E-state index contributed by atoms with van der Waals surface area (Å²) in [6.45, 7) is 7.66. The van der Waals surface area contributed by atoms with E-state index in [0.717, 1.165) is 61.1 Å². The summed E-state index contributed by atoms with van der Waals surface area (Å²) in [7, 11) is 0. The highest BCUT2D eigenvalue weighted by Gasteiger charge is 2.19. The van der Waals surface area contributed by atoms with Crippen molar-refractivity contribution < 1.29 is 0 Å². The topological polar surface area (TPSA) is 40.0 Å². The normalized spacial score (nSPS) is 11.7. The Hall–Kier alpha value is -7.85. The standard InChI is InChI=1S/C53H31N5S/c1-54-37-15-11-14-36(28-37)46-32-45(33-12-3-2-4-13-33)55-53(56-46)58-48-20-9-5-16-39(48)41-25-22-35(30-50(41)58)34-23-26-49-43(29-34)40-17-6-8-19-47(40)57(49)38-24-27-52-44(31-38)42-18-7-10-21-51(42)59-52/h2-32H. The highest BCUT2D eigenvalue weighted by Crippen LogP contribution is 2.40. The van der Waals surface area contributed by atoms with Crippen LogP contribution in [0.25, 0.3) is 114 Å². The summed E-state index contributed by atoms with van der Waals surface area (Å²) in [6.07, 6.45) is 0. The number of hydrogen-bond acceptors (Lipinski definition) is 3. The molecular formula is C53H31N5S. The molecule has 0 N–H and O–H groups in total. The maximum absolute atomic E-state index is 7.66. The molecule has 0 bridgehead atoms. The number of aromatic nitrogens is 4. The third kappa shape index (κ3) is 5.30. The van der Waals surface area contributed by atoms with Crippen LogP contribution >= 0.6 is 11.3 Å². The molecule has 0 atom stereocenters. The minimum atomic E-state index is 0.572. The molecule has 0 fully saturated rings. The van der Waals surface area contributed by atoms with E-state index in [-0.39, 0.29) is 0 Å². The molecule has 0 aliphatic rings. The molecule has 0 saturated heterocycles. The van der Waals surface area contributed by atoms with Gasteiger partial charge in [0.05, 0.1) is 40.0 Å². The first kappa shape index (κ1) is 33.3. The van der Waals surface area contributed by atoms with Crippen molar-refractivity contribution in [1.29, 1.82) is 0 Å². The maximum atomic E-state index is 7.66. The molecule has 0 aliphatic heterocycles. The molecule has 59 heavy (non-hydrogen) atoms. The lowest BCUT2D eigenvalue weighted by Crippen LogP contribution is -2.04. The van der Waals surface area contributed by atoms with Gasteiger partial charge in [0, 0.05) is 53.0 Å². The van der Waals surface area contributed by atoms with Crippen molar-refractivity contribution in [3.05, 3.63) is 199 Å². The van der Waals surface area contributed by atoms with Gasteiger partial charge in [0.2, 0.25) is 5.95 Å². The van der Waals surface area contributed by atoms with Crippen LogP contribution in [0.5, 0.6) is 0 Å². The zero-order chi connectivity index (χ0) is 39.0. The molecular weight excluding hydrogens is 739 g/mol. The van der Waals surface area contributed by atoms with Gasteiger partial charge >= 0.3 is 0 Å². The lowest BCUT2D eigenvalue weighted by Gasteiger charge is -2.12. The van der Waals surface area contributed by atoms with Crippen LogP contribution in [0, 0.1) is 6.57 Å². The molecule has 0 spiro atoms. The van der Waals surface area contributed by atoms with E-state index >= 15 is 0 Å². The van der Waals surface area contributed by atoms with Gasteiger partial charge in [-0.2, -0.15) is 0 Å². The molecule has 12 rings (SSSR count). The molecule has 274 valence electrons. The summed E-state index contributed by atoms with van der Waals surface area (Å²) < 4.78 is 7.21. The van der Waals surface area contributed by atoms with Crippen LogP contribution in [0.3, 0.4) is 0 Å². The van der Waals surface area contributed by atoms with E-state index in [1.165, 1.54) is 42.0 Å². The van der Waals surface area contributed by atoms with Crippen LogP contribution in [-0.2, 0) is 0 Å². The van der Waals surface area contributed by atoms with Gasteiger partial charge in [-0.15, -0.1) is 11.3 Å². The molecule has 12 aromatic rings. The van der Waals surface area contributed by atoms with Crippen molar-refractivity contribution in [2.45, 2.75) is 0 Å². The molecule has 8 aromatic carbocycles. The van der Waals surface area contributed by atoms with Gasteiger partial charge in [0.25, 0.3) is 0 Å². The van der Waals surface area contributed by atoms with E-state index in [0.29, 0.717) is 11.6 Å². The van der Waals surface area contributed by atoms with Crippen LogP contribution < -0.4 is 0 Å². The average molecular weight is 770 g/mol. The Morgan fingerprint density at radius 1 is 0.390 bits per heavy atom. The van der Waals surface area contributed by atoms with Gasteiger partial charge in [-0.3, -0.25) is 4.57 Å². The first-order valence-electron chi connectivity index (χ1n) is 19.6. The molecule has 0 saturated carbocycles. The fourth-order valence-corrected chi connectivity index (χ4v) is 9.91. The second-order valence-corrected chi connectivity index (χ2v) is 16.0. The highest BCUT2D eigenvalue weighted by molar-refractivity contribution is 7.25. The smallest absolute Gasteiger partial charge is 0.235 e. The Balaban J connectivity index is 1.05. The van der Waals surface area contributed by atoms with E-state index in [1.54, 1.807) is 0 Å². The lowest BCUT2D eigenvalue weighted by molar-refractivity contribution is 0.996.